The van der Waals surface area contributed by atoms with Gasteiger partial charge in [-0.3, -0.25) is 9.48 Å². The number of benzene rings is 1. The van der Waals surface area contributed by atoms with Gasteiger partial charge in [-0.1, -0.05) is 0 Å². The average molecular weight is 363 g/mol. The molecule has 1 N–H and O–H groups in total. The van der Waals surface area contributed by atoms with E-state index in [0.29, 0.717) is 0 Å². The second-order valence-corrected chi connectivity index (χ2v) is 6.51. The number of anilines is 2. The molecule has 0 unspecified atom stereocenters. The molecule has 0 radical (unpaired) electrons. The van der Waals surface area contributed by atoms with Crippen molar-refractivity contribution in [3.63, 3.8) is 0 Å². The molecule has 1 aromatic carbocycles. The van der Waals surface area contributed by atoms with E-state index in [4.69, 9.17) is 0 Å². The molecular weight excluding hydrogens is 344 g/mol. The monoisotopic (exact) mass is 362 g/mol. The number of hydrogen-bond donors (Lipinski definition) is 1. The molecule has 0 aliphatic carbocycles. The summed E-state index contributed by atoms with van der Waals surface area (Å²) in [5.74, 6) is -0.0763. The zero-order chi connectivity index (χ0) is 15.5. The minimum atomic E-state index is -0.0763. The molecule has 0 atom stereocenters. The van der Waals surface area contributed by atoms with Crippen LogP contribution in [-0.2, 0) is 11.3 Å². The highest BCUT2D eigenvalue weighted by atomic mass is 79.9. The number of aromatic nitrogens is 2. The minimum Gasteiger partial charge on any atom is -0.372 e. The number of carbonyl (C=O) groups excluding carboxylic acids is 1. The summed E-state index contributed by atoms with van der Waals surface area (Å²) in [5, 5.41) is 7.04. The Balaban J connectivity index is 1.65. The van der Waals surface area contributed by atoms with Crippen molar-refractivity contribution in [2.24, 2.45) is 0 Å². The van der Waals surface area contributed by atoms with Gasteiger partial charge in [-0.15, -0.1) is 0 Å². The van der Waals surface area contributed by atoms with E-state index in [1.807, 2.05) is 13.0 Å². The molecule has 3 rings (SSSR count). The molecule has 1 saturated heterocycles. The van der Waals surface area contributed by atoms with E-state index in [2.05, 4.69) is 43.4 Å². The van der Waals surface area contributed by atoms with Crippen LogP contribution >= 0.6 is 15.9 Å². The second-order valence-electron chi connectivity index (χ2n) is 5.60. The van der Waals surface area contributed by atoms with E-state index in [9.17, 15) is 4.79 Å². The van der Waals surface area contributed by atoms with Crippen LogP contribution in [0.1, 0.15) is 18.4 Å². The van der Waals surface area contributed by atoms with Gasteiger partial charge in [-0.25, -0.2) is 0 Å². The Morgan fingerprint density at radius 3 is 2.77 bits per heavy atom. The maximum atomic E-state index is 12.1. The van der Waals surface area contributed by atoms with Crippen LogP contribution in [0, 0.1) is 6.92 Å². The summed E-state index contributed by atoms with van der Waals surface area (Å²) in [5.41, 5.74) is 3.18. The Hall–Kier alpha value is -1.82. The Labute approximate surface area is 138 Å². The number of halogens is 1. The van der Waals surface area contributed by atoms with Gasteiger partial charge in [0.15, 0.2) is 0 Å². The van der Waals surface area contributed by atoms with Crippen molar-refractivity contribution in [3.05, 3.63) is 40.6 Å². The Kier molecular flexibility index (Phi) is 4.47. The molecule has 1 aliphatic heterocycles. The van der Waals surface area contributed by atoms with Crippen molar-refractivity contribution < 1.29 is 4.79 Å². The largest absolute Gasteiger partial charge is 0.372 e. The van der Waals surface area contributed by atoms with Crippen LogP contribution in [-0.4, -0.2) is 28.8 Å². The van der Waals surface area contributed by atoms with Crippen LogP contribution in [0.5, 0.6) is 0 Å². The third-order valence-electron chi connectivity index (χ3n) is 3.86. The fourth-order valence-electron chi connectivity index (χ4n) is 2.72. The average Bonchev–Trinajstić information content (AvgIpc) is 3.13. The van der Waals surface area contributed by atoms with Crippen LogP contribution in [0.4, 0.5) is 11.4 Å². The zero-order valence-electron chi connectivity index (χ0n) is 12.6. The van der Waals surface area contributed by atoms with Gasteiger partial charge in [0, 0.05) is 30.7 Å². The lowest BCUT2D eigenvalue weighted by atomic mass is 10.1. The van der Waals surface area contributed by atoms with Gasteiger partial charge in [0.1, 0.15) is 6.54 Å². The first-order chi connectivity index (χ1) is 10.6. The molecule has 0 saturated carbocycles. The summed E-state index contributed by atoms with van der Waals surface area (Å²) in [4.78, 5) is 14.5. The smallest absolute Gasteiger partial charge is 0.246 e. The first kappa shape index (κ1) is 15.1. The first-order valence-electron chi connectivity index (χ1n) is 7.45. The van der Waals surface area contributed by atoms with Gasteiger partial charge in [0.25, 0.3) is 0 Å². The molecule has 2 heterocycles. The Morgan fingerprint density at radius 2 is 2.14 bits per heavy atom. The minimum absolute atomic E-state index is 0.0763. The highest BCUT2D eigenvalue weighted by molar-refractivity contribution is 9.10. The fraction of sp³-hybridized carbons (Fsp3) is 0.375. The number of nitrogens with zero attached hydrogens (tertiary/aromatic N) is 3. The number of aryl methyl sites for hydroxylation is 1. The van der Waals surface area contributed by atoms with E-state index in [-0.39, 0.29) is 12.5 Å². The van der Waals surface area contributed by atoms with Crippen molar-refractivity contribution in [2.45, 2.75) is 26.3 Å². The quantitative estimate of drug-likeness (QED) is 0.908. The van der Waals surface area contributed by atoms with Crippen molar-refractivity contribution in [2.75, 3.05) is 23.3 Å². The summed E-state index contributed by atoms with van der Waals surface area (Å²) in [6, 6.07) is 6.21. The van der Waals surface area contributed by atoms with Crippen molar-refractivity contribution >= 4 is 33.2 Å². The standard InChI is InChI=1S/C16H19BrN4O/c1-12-8-14(20-6-2-3-7-20)4-5-15(12)19-16(22)11-21-10-13(17)9-18-21/h4-5,8-10H,2-3,6-7,11H2,1H3,(H,19,22). The summed E-state index contributed by atoms with van der Waals surface area (Å²) in [6.07, 6.45) is 5.97. The topological polar surface area (TPSA) is 50.2 Å². The van der Waals surface area contributed by atoms with Crippen LogP contribution in [0.25, 0.3) is 0 Å². The van der Waals surface area contributed by atoms with Gasteiger partial charge in [-0.2, -0.15) is 5.10 Å². The van der Waals surface area contributed by atoms with Gasteiger partial charge < -0.3 is 10.2 Å². The molecule has 5 nitrogen and oxygen atoms in total. The van der Waals surface area contributed by atoms with Crippen molar-refractivity contribution in [3.8, 4) is 0 Å². The van der Waals surface area contributed by atoms with E-state index >= 15 is 0 Å². The molecule has 6 heteroatoms. The lowest BCUT2D eigenvalue weighted by Gasteiger charge is -2.19. The van der Waals surface area contributed by atoms with Gasteiger partial charge >= 0.3 is 0 Å². The lowest BCUT2D eigenvalue weighted by molar-refractivity contribution is -0.116. The van der Waals surface area contributed by atoms with Crippen LogP contribution in [0.15, 0.2) is 35.1 Å². The highest BCUT2D eigenvalue weighted by Crippen LogP contribution is 2.25. The summed E-state index contributed by atoms with van der Waals surface area (Å²) in [7, 11) is 0. The number of hydrogen-bond acceptors (Lipinski definition) is 3. The number of rotatable bonds is 4. The van der Waals surface area contributed by atoms with Gasteiger partial charge in [0.05, 0.1) is 10.7 Å². The highest BCUT2D eigenvalue weighted by Gasteiger charge is 2.13. The molecule has 116 valence electrons. The Morgan fingerprint density at radius 1 is 1.36 bits per heavy atom. The molecule has 0 spiro atoms. The summed E-state index contributed by atoms with van der Waals surface area (Å²) >= 11 is 3.32. The molecule has 1 aliphatic rings. The number of carbonyl (C=O) groups is 1. The second kappa shape index (κ2) is 6.52. The molecule has 2 aromatic rings. The summed E-state index contributed by atoms with van der Waals surface area (Å²) < 4.78 is 2.47. The van der Waals surface area contributed by atoms with E-state index < -0.39 is 0 Å². The molecule has 1 aromatic heterocycles. The van der Waals surface area contributed by atoms with E-state index in [1.165, 1.54) is 18.5 Å². The van der Waals surface area contributed by atoms with Crippen molar-refractivity contribution in [1.29, 1.82) is 0 Å². The maximum Gasteiger partial charge on any atom is 0.246 e. The first-order valence-corrected chi connectivity index (χ1v) is 8.24. The van der Waals surface area contributed by atoms with Gasteiger partial charge in [-0.05, 0) is 59.5 Å². The number of amides is 1. The molecular formula is C16H19BrN4O. The normalized spacial score (nSPS) is 14.4. The number of nitrogens with one attached hydrogen (secondary N) is 1. The van der Waals surface area contributed by atoms with E-state index in [0.717, 1.165) is 28.8 Å². The third kappa shape index (κ3) is 3.50. The van der Waals surface area contributed by atoms with Crippen molar-refractivity contribution in [1.82, 2.24) is 9.78 Å². The summed E-state index contributed by atoms with van der Waals surface area (Å²) in [6.45, 7) is 4.48. The van der Waals surface area contributed by atoms with Crippen LogP contribution < -0.4 is 10.2 Å². The van der Waals surface area contributed by atoms with E-state index in [1.54, 1.807) is 17.1 Å². The zero-order valence-corrected chi connectivity index (χ0v) is 14.1. The Bertz CT molecular complexity index is 677. The van der Waals surface area contributed by atoms with Gasteiger partial charge in [0.2, 0.25) is 5.91 Å². The molecule has 1 fully saturated rings. The predicted octanol–water partition coefficient (Wildman–Crippen LogP) is 3.19. The van der Waals surface area contributed by atoms with Crippen LogP contribution in [0.3, 0.4) is 0 Å². The molecule has 22 heavy (non-hydrogen) atoms. The maximum absolute atomic E-state index is 12.1. The van der Waals surface area contributed by atoms with Crippen LogP contribution in [0.2, 0.25) is 0 Å². The lowest BCUT2D eigenvalue weighted by Crippen LogP contribution is -2.20. The SMILES string of the molecule is Cc1cc(N2CCCC2)ccc1NC(=O)Cn1cc(Br)cn1. The molecule has 0 bridgehead atoms. The third-order valence-corrected chi connectivity index (χ3v) is 4.27. The predicted molar refractivity (Wildman–Crippen MR) is 91.2 cm³/mol. The fourth-order valence-corrected chi connectivity index (χ4v) is 3.05. The molecule has 1 amide bonds.